The van der Waals surface area contributed by atoms with Gasteiger partial charge in [0.15, 0.2) is 0 Å². The Balaban J connectivity index is 1.40. The number of halogens is 1. The molecule has 2 fully saturated rings. The average molecular weight is 489 g/mol. The number of piperidine rings is 1. The van der Waals surface area contributed by atoms with Crippen molar-refractivity contribution < 1.29 is 18.7 Å². The zero-order valence-corrected chi connectivity index (χ0v) is 20.1. The average Bonchev–Trinajstić information content (AvgIpc) is 3.22. The Hall–Kier alpha value is -2.28. The fraction of sp³-hybridized carbons (Fsp3) is 0.500. The van der Waals surface area contributed by atoms with Crippen LogP contribution in [-0.4, -0.2) is 47.0 Å². The number of carbonyl (C=O) groups is 2. The van der Waals surface area contributed by atoms with E-state index >= 15 is 0 Å². The highest BCUT2D eigenvalue weighted by molar-refractivity contribution is 9.10. The molecule has 0 unspecified atom stereocenters. The van der Waals surface area contributed by atoms with Gasteiger partial charge in [0.1, 0.15) is 17.1 Å². The number of ether oxygens (including phenoxy) is 1. The van der Waals surface area contributed by atoms with Gasteiger partial charge in [-0.1, -0.05) is 48.8 Å². The summed E-state index contributed by atoms with van der Waals surface area (Å²) in [6.45, 7) is 10.2. The van der Waals surface area contributed by atoms with Gasteiger partial charge in [-0.3, -0.25) is 9.69 Å². The summed E-state index contributed by atoms with van der Waals surface area (Å²) in [6, 6.07) is 9.81. The summed E-state index contributed by atoms with van der Waals surface area (Å²) in [7, 11) is 0. The number of hydrogen-bond acceptors (Lipinski definition) is 4. The topological polar surface area (TPSA) is 63.0 Å². The van der Waals surface area contributed by atoms with Gasteiger partial charge in [0.05, 0.1) is 12.1 Å². The Morgan fingerprint density at radius 1 is 1.19 bits per heavy atom. The predicted molar refractivity (Wildman–Crippen MR) is 121 cm³/mol. The fourth-order valence-corrected chi connectivity index (χ4v) is 4.73. The molecule has 3 heterocycles. The van der Waals surface area contributed by atoms with Gasteiger partial charge in [0.2, 0.25) is 0 Å². The Morgan fingerprint density at radius 3 is 2.52 bits per heavy atom. The zero-order valence-electron chi connectivity index (χ0n) is 18.5. The minimum Gasteiger partial charge on any atom is -0.465 e. The first-order valence-corrected chi connectivity index (χ1v) is 11.5. The van der Waals surface area contributed by atoms with E-state index in [1.54, 1.807) is 4.90 Å². The molecule has 0 atom stereocenters. The second-order valence-corrected chi connectivity index (χ2v) is 10.6. The molecule has 2 amide bonds. The van der Waals surface area contributed by atoms with Crippen molar-refractivity contribution in [2.75, 3.05) is 19.6 Å². The van der Waals surface area contributed by atoms with Crippen LogP contribution in [0.5, 0.6) is 0 Å². The number of benzene rings is 1. The van der Waals surface area contributed by atoms with Gasteiger partial charge >= 0.3 is 6.09 Å². The predicted octanol–water partition coefficient (Wildman–Crippen LogP) is 5.28. The lowest BCUT2D eigenvalue weighted by Crippen LogP contribution is -2.48. The van der Waals surface area contributed by atoms with E-state index in [0.29, 0.717) is 50.3 Å². The van der Waals surface area contributed by atoms with E-state index < -0.39 is 5.60 Å². The maximum atomic E-state index is 13.1. The van der Waals surface area contributed by atoms with E-state index in [9.17, 15) is 9.59 Å². The minimum atomic E-state index is -0.512. The van der Waals surface area contributed by atoms with Crippen LogP contribution < -0.4 is 0 Å². The molecular formula is C24H29BrN2O4. The van der Waals surface area contributed by atoms with Crippen LogP contribution in [0.4, 0.5) is 4.79 Å². The summed E-state index contributed by atoms with van der Waals surface area (Å²) in [5.74, 6) is 1.46. The Kier molecular flexibility index (Phi) is 5.66. The van der Waals surface area contributed by atoms with E-state index in [1.165, 1.54) is 0 Å². The first kappa shape index (κ1) is 21.9. The minimum absolute atomic E-state index is 0.0121. The largest absolute Gasteiger partial charge is 0.465 e. The first-order chi connectivity index (χ1) is 14.6. The van der Waals surface area contributed by atoms with Gasteiger partial charge in [0, 0.05) is 42.4 Å². The molecule has 7 heteroatoms. The lowest BCUT2D eigenvalue weighted by atomic mass is 9.90. The van der Waals surface area contributed by atoms with Gasteiger partial charge in [-0.2, -0.15) is 0 Å². The molecule has 2 saturated heterocycles. The number of likely N-dealkylation sites (tertiary alicyclic amines) is 1. The van der Waals surface area contributed by atoms with Crippen molar-refractivity contribution in [2.45, 2.75) is 58.1 Å². The van der Waals surface area contributed by atoms with Crippen molar-refractivity contribution in [1.29, 1.82) is 0 Å². The highest BCUT2D eigenvalue weighted by Gasteiger charge is 2.47. The number of carbonyl (C=O) groups excluding carboxylic acids is 2. The number of furan rings is 1. The summed E-state index contributed by atoms with van der Waals surface area (Å²) in [6.07, 6.45) is 1.01. The Labute approximate surface area is 191 Å². The smallest absolute Gasteiger partial charge is 0.410 e. The maximum absolute atomic E-state index is 13.1. The molecule has 31 heavy (non-hydrogen) atoms. The van der Waals surface area contributed by atoms with Crippen molar-refractivity contribution in [1.82, 2.24) is 9.80 Å². The third kappa shape index (κ3) is 4.52. The standard InChI is InChI=1S/C24H29BrN2O4/c1-16-19(13-20(30-16)23(2,3)4)21(28)26-10-8-24(9-11-26)15-27(22(29)31-24)14-17-6-5-7-18(25)12-17/h5-7,12-13H,8-11,14-15H2,1-4H3. The quantitative estimate of drug-likeness (QED) is 0.589. The normalized spacial score (nSPS) is 18.5. The summed E-state index contributed by atoms with van der Waals surface area (Å²) in [4.78, 5) is 29.2. The molecule has 1 aromatic carbocycles. The van der Waals surface area contributed by atoms with Crippen LogP contribution in [-0.2, 0) is 16.7 Å². The zero-order chi connectivity index (χ0) is 22.4. The van der Waals surface area contributed by atoms with E-state index in [1.807, 2.05) is 42.2 Å². The van der Waals surface area contributed by atoms with Crippen molar-refractivity contribution in [2.24, 2.45) is 0 Å². The third-order valence-electron chi connectivity index (χ3n) is 6.15. The van der Waals surface area contributed by atoms with E-state index in [0.717, 1.165) is 15.8 Å². The molecule has 2 aromatic rings. The summed E-state index contributed by atoms with van der Waals surface area (Å²) >= 11 is 3.47. The molecule has 166 valence electrons. The third-order valence-corrected chi connectivity index (χ3v) is 6.65. The van der Waals surface area contributed by atoms with Crippen LogP contribution in [0, 0.1) is 6.92 Å². The van der Waals surface area contributed by atoms with Crippen molar-refractivity contribution in [3.63, 3.8) is 0 Å². The van der Waals surface area contributed by atoms with Gasteiger partial charge in [-0.25, -0.2) is 4.79 Å². The number of nitrogens with zero attached hydrogens (tertiary/aromatic N) is 2. The van der Waals surface area contributed by atoms with Crippen molar-refractivity contribution in [3.8, 4) is 0 Å². The molecule has 1 aromatic heterocycles. The van der Waals surface area contributed by atoms with Gasteiger partial charge in [-0.15, -0.1) is 0 Å². The molecule has 2 aliphatic rings. The van der Waals surface area contributed by atoms with Crippen LogP contribution in [0.2, 0.25) is 0 Å². The monoisotopic (exact) mass is 488 g/mol. The molecule has 0 radical (unpaired) electrons. The summed E-state index contributed by atoms with van der Waals surface area (Å²) < 4.78 is 12.7. The highest BCUT2D eigenvalue weighted by atomic mass is 79.9. The first-order valence-electron chi connectivity index (χ1n) is 10.7. The molecule has 0 aliphatic carbocycles. The summed E-state index contributed by atoms with van der Waals surface area (Å²) in [5.41, 5.74) is 1.02. The van der Waals surface area contributed by atoms with Crippen LogP contribution in [0.25, 0.3) is 0 Å². The van der Waals surface area contributed by atoms with Crippen LogP contribution in [0.15, 0.2) is 39.2 Å². The summed E-state index contributed by atoms with van der Waals surface area (Å²) in [5, 5.41) is 0. The number of hydrogen-bond donors (Lipinski definition) is 0. The molecule has 0 saturated carbocycles. The Morgan fingerprint density at radius 2 is 1.90 bits per heavy atom. The molecule has 6 nitrogen and oxygen atoms in total. The molecule has 4 rings (SSSR count). The van der Waals surface area contributed by atoms with Gasteiger partial charge < -0.3 is 14.1 Å². The fourth-order valence-electron chi connectivity index (χ4n) is 4.28. The number of amides is 2. The van der Waals surface area contributed by atoms with Crippen molar-refractivity contribution >= 4 is 27.9 Å². The van der Waals surface area contributed by atoms with Crippen molar-refractivity contribution in [3.05, 3.63) is 57.5 Å². The number of rotatable bonds is 3. The maximum Gasteiger partial charge on any atom is 0.410 e. The molecule has 0 N–H and O–H groups in total. The SMILES string of the molecule is Cc1oc(C(C)(C)C)cc1C(=O)N1CCC2(CC1)CN(Cc1cccc(Br)c1)C(=O)O2. The van der Waals surface area contributed by atoms with Crippen LogP contribution in [0.1, 0.15) is 61.1 Å². The highest BCUT2D eigenvalue weighted by Crippen LogP contribution is 2.35. The second kappa shape index (κ2) is 8.01. The molecule has 1 spiro atoms. The van der Waals surface area contributed by atoms with E-state index in [-0.39, 0.29) is 17.4 Å². The van der Waals surface area contributed by atoms with E-state index in [2.05, 4.69) is 36.7 Å². The second-order valence-electron chi connectivity index (χ2n) is 9.66. The number of aryl methyl sites for hydroxylation is 1. The van der Waals surface area contributed by atoms with E-state index in [4.69, 9.17) is 9.15 Å². The van der Waals surface area contributed by atoms with Crippen LogP contribution in [0.3, 0.4) is 0 Å². The lowest BCUT2D eigenvalue weighted by molar-refractivity contribution is 0.00309. The molecular weight excluding hydrogens is 460 g/mol. The van der Waals surface area contributed by atoms with Gasteiger partial charge in [0.25, 0.3) is 5.91 Å². The molecule has 0 bridgehead atoms. The molecule has 2 aliphatic heterocycles. The van der Waals surface area contributed by atoms with Crippen LogP contribution >= 0.6 is 15.9 Å². The van der Waals surface area contributed by atoms with Gasteiger partial charge in [-0.05, 0) is 30.7 Å². The Bertz CT molecular complexity index is 999. The lowest BCUT2D eigenvalue weighted by Gasteiger charge is -2.37.